The summed E-state index contributed by atoms with van der Waals surface area (Å²) < 4.78 is 1.92. The lowest BCUT2D eigenvalue weighted by molar-refractivity contribution is 0.246. The normalized spacial score (nSPS) is 15.6. The van der Waals surface area contributed by atoms with Crippen LogP contribution in [0.1, 0.15) is 27.4 Å². The highest BCUT2D eigenvalue weighted by molar-refractivity contribution is 7.10. The summed E-state index contributed by atoms with van der Waals surface area (Å²) in [6.07, 6.45) is 1.16. The number of aliphatic hydroxyl groups is 1. The zero-order valence-corrected chi connectivity index (χ0v) is 12.9. The van der Waals surface area contributed by atoms with Crippen molar-refractivity contribution in [1.82, 2.24) is 14.7 Å². The molecule has 108 valence electrons. The third kappa shape index (κ3) is 2.53. The quantitative estimate of drug-likeness (QED) is 0.938. The molecule has 0 aliphatic carbocycles. The highest BCUT2D eigenvalue weighted by atomic mass is 32.1. The Labute approximate surface area is 123 Å². The van der Waals surface area contributed by atoms with Crippen LogP contribution in [0.4, 0.5) is 0 Å². The van der Waals surface area contributed by atoms with Crippen LogP contribution < -0.4 is 0 Å². The van der Waals surface area contributed by atoms with Crippen molar-refractivity contribution < 1.29 is 5.11 Å². The topological polar surface area (TPSA) is 41.3 Å². The second-order valence-electron chi connectivity index (χ2n) is 5.43. The van der Waals surface area contributed by atoms with E-state index in [4.69, 9.17) is 5.11 Å². The molecular formula is C15H21N3OS. The van der Waals surface area contributed by atoms with Crippen molar-refractivity contribution in [2.24, 2.45) is 0 Å². The first-order valence-electron chi connectivity index (χ1n) is 7.10. The molecule has 1 aliphatic rings. The van der Waals surface area contributed by atoms with E-state index in [-0.39, 0.29) is 6.61 Å². The Kier molecular flexibility index (Phi) is 3.92. The van der Waals surface area contributed by atoms with E-state index >= 15 is 0 Å². The first kappa shape index (κ1) is 13.8. The molecule has 0 atom stereocenters. The summed E-state index contributed by atoms with van der Waals surface area (Å²) in [6, 6.07) is 2.25. The van der Waals surface area contributed by atoms with Crippen LogP contribution in [-0.2, 0) is 26.1 Å². The van der Waals surface area contributed by atoms with Crippen LogP contribution in [0.25, 0.3) is 0 Å². The van der Waals surface area contributed by atoms with Crippen molar-refractivity contribution in [2.75, 3.05) is 13.2 Å². The summed E-state index contributed by atoms with van der Waals surface area (Å²) in [6.45, 7) is 8.02. The summed E-state index contributed by atoms with van der Waals surface area (Å²) in [5.74, 6) is 0. The van der Waals surface area contributed by atoms with Crippen molar-refractivity contribution in [3.05, 3.63) is 38.8 Å². The van der Waals surface area contributed by atoms with Gasteiger partial charge in [0.05, 0.1) is 18.8 Å². The van der Waals surface area contributed by atoms with Gasteiger partial charge < -0.3 is 5.11 Å². The van der Waals surface area contributed by atoms with E-state index in [1.807, 2.05) is 16.0 Å². The maximum absolute atomic E-state index is 9.08. The van der Waals surface area contributed by atoms with Gasteiger partial charge in [-0.25, -0.2) is 0 Å². The SMILES string of the molecule is Cc1nn(CCO)c(C)c1CN1CCc2sccc2C1. The highest BCUT2D eigenvalue weighted by Gasteiger charge is 2.20. The standard InChI is InChI=1S/C15H21N3OS/c1-11-14(12(2)18(16-11)6-7-19)10-17-5-3-15-13(9-17)4-8-20-15/h4,8,19H,3,5-7,9-10H2,1-2H3. The number of nitrogens with zero attached hydrogens (tertiary/aromatic N) is 3. The lowest BCUT2D eigenvalue weighted by Gasteiger charge is -2.26. The number of rotatable bonds is 4. The Morgan fingerprint density at radius 1 is 1.40 bits per heavy atom. The van der Waals surface area contributed by atoms with Crippen molar-refractivity contribution >= 4 is 11.3 Å². The molecule has 5 heteroatoms. The molecule has 2 aromatic rings. The van der Waals surface area contributed by atoms with Gasteiger partial charge in [-0.2, -0.15) is 5.10 Å². The molecular weight excluding hydrogens is 270 g/mol. The van der Waals surface area contributed by atoms with Crippen molar-refractivity contribution in [3.8, 4) is 0 Å². The fourth-order valence-corrected chi connectivity index (χ4v) is 3.83. The minimum atomic E-state index is 0.142. The predicted molar refractivity (Wildman–Crippen MR) is 80.9 cm³/mol. The first-order valence-corrected chi connectivity index (χ1v) is 7.98. The van der Waals surface area contributed by atoms with Crippen LogP contribution in [0.2, 0.25) is 0 Å². The number of hydrogen-bond donors (Lipinski definition) is 1. The lowest BCUT2D eigenvalue weighted by Crippen LogP contribution is -2.29. The van der Waals surface area contributed by atoms with Crippen molar-refractivity contribution in [1.29, 1.82) is 0 Å². The number of fused-ring (bicyclic) bond motifs is 1. The van der Waals surface area contributed by atoms with Gasteiger partial charge in [-0.1, -0.05) is 0 Å². The molecule has 20 heavy (non-hydrogen) atoms. The molecule has 1 N–H and O–H groups in total. The molecule has 0 saturated carbocycles. The summed E-state index contributed by atoms with van der Waals surface area (Å²) in [5.41, 5.74) is 5.08. The highest BCUT2D eigenvalue weighted by Crippen LogP contribution is 2.26. The third-order valence-electron chi connectivity index (χ3n) is 4.11. The molecule has 0 saturated heterocycles. The van der Waals surface area contributed by atoms with Crippen LogP contribution in [0, 0.1) is 13.8 Å². The number of hydrogen-bond acceptors (Lipinski definition) is 4. The average Bonchev–Trinajstić information content (AvgIpc) is 2.99. The minimum Gasteiger partial charge on any atom is -0.394 e. The summed E-state index contributed by atoms with van der Waals surface area (Å²) in [7, 11) is 0. The molecule has 1 aliphatic heterocycles. The molecule has 0 radical (unpaired) electrons. The van der Waals surface area contributed by atoms with Gasteiger partial charge in [0.2, 0.25) is 0 Å². The molecule has 4 nitrogen and oxygen atoms in total. The Bertz CT molecular complexity index is 602. The van der Waals surface area contributed by atoms with Crippen LogP contribution in [-0.4, -0.2) is 32.9 Å². The largest absolute Gasteiger partial charge is 0.394 e. The predicted octanol–water partition coefficient (Wildman–Crippen LogP) is 2.11. The number of thiophene rings is 1. The van der Waals surface area contributed by atoms with Gasteiger partial charge in [-0.15, -0.1) is 11.3 Å². The van der Waals surface area contributed by atoms with Gasteiger partial charge in [0.1, 0.15) is 0 Å². The Hall–Kier alpha value is -1.17. The Morgan fingerprint density at radius 3 is 3.05 bits per heavy atom. The maximum Gasteiger partial charge on any atom is 0.0644 e. The molecule has 3 heterocycles. The van der Waals surface area contributed by atoms with Gasteiger partial charge in [0.25, 0.3) is 0 Å². The zero-order valence-electron chi connectivity index (χ0n) is 12.1. The summed E-state index contributed by atoms with van der Waals surface area (Å²) >= 11 is 1.88. The van der Waals surface area contributed by atoms with E-state index in [0.717, 1.165) is 31.7 Å². The first-order chi connectivity index (χ1) is 9.69. The van der Waals surface area contributed by atoms with Gasteiger partial charge in [-0.05, 0) is 37.3 Å². The molecule has 3 rings (SSSR count). The molecule has 0 unspecified atom stereocenters. The second-order valence-corrected chi connectivity index (χ2v) is 6.43. The Morgan fingerprint density at radius 2 is 2.25 bits per heavy atom. The second kappa shape index (κ2) is 5.68. The molecule has 0 fully saturated rings. The molecule has 0 amide bonds. The Balaban J connectivity index is 1.76. The van der Waals surface area contributed by atoms with Crippen LogP contribution in [0.3, 0.4) is 0 Å². The summed E-state index contributed by atoms with van der Waals surface area (Å²) in [5, 5.41) is 15.8. The van der Waals surface area contributed by atoms with E-state index in [1.165, 1.54) is 16.8 Å². The van der Waals surface area contributed by atoms with E-state index in [9.17, 15) is 0 Å². The molecule has 0 aromatic carbocycles. The van der Waals surface area contributed by atoms with Crippen molar-refractivity contribution in [3.63, 3.8) is 0 Å². The van der Waals surface area contributed by atoms with Gasteiger partial charge in [0, 0.05) is 35.8 Å². The fraction of sp³-hybridized carbons (Fsp3) is 0.533. The van der Waals surface area contributed by atoms with Crippen LogP contribution in [0.15, 0.2) is 11.4 Å². The van der Waals surface area contributed by atoms with E-state index < -0.39 is 0 Å². The summed E-state index contributed by atoms with van der Waals surface area (Å²) in [4.78, 5) is 4.04. The van der Waals surface area contributed by atoms with Gasteiger partial charge in [0.15, 0.2) is 0 Å². The van der Waals surface area contributed by atoms with E-state index in [0.29, 0.717) is 6.54 Å². The number of aliphatic hydroxyl groups excluding tert-OH is 1. The lowest BCUT2D eigenvalue weighted by atomic mass is 10.1. The van der Waals surface area contributed by atoms with E-state index in [2.05, 4.69) is 35.3 Å². The third-order valence-corrected chi connectivity index (χ3v) is 5.13. The molecule has 2 aromatic heterocycles. The van der Waals surface area contributed by atoms with Gasteiger partial charge >= 0.3 is 0 Å². The van der Waals surface area contributed by atoms with E-state index in [1.54, 1.807) is 4.88 Å². The van der Waals surface area contributed by atoms with Crippen LogP contribution >= 0.6 is 11.3 Å². The van der Waals surface area contributed by atoms with Crippen molar-refractivity contribution in [2.45, 2.75) is 39.9 Å². The molecule has 0 bridgehead atoms. The minimum absolute atomic E-state index is 0.142. The monoisotopic (exact) mass is 291 g/mol. The maximum atomic E-state index is 9.08. The number of aromatic nitrogens is 2. The van der Waals surface area contributed by atoms with Crippen LogP contribution in [0.5, 0.6) is 0 Å². The zero-order chi connectivity index (χ0) is 14.1. The smallest absolute Gasteiger partial charge is 0.0644 e. The number of aryl methyl sites for hydroxylation is 1. The fourth-order valence-electron chi connectivity index (χ4n) is 2.94. The average molecular weight is 291 g/mol. The molecule has 0 spiro atoms. The van der Waals surface area contributed by atoms with Gasteiger partial charge in [-0.3, -0.25) is 9.58 Å².